The molecular formula is C21H15F2N5O4. The Morgan fingerprint density at radius 1 is 1.09 bits per heavy atom. The second-order valence-corrected chi connectivity index (χ2v) is 5.86. The Hall–Kier alpha value is -4.59. The molecule has 162 valence electrons. The number of aromatic nitrogens is 2. The van der Waals surface area contributed by atoms with Gasteiger partial charge in [-0.1, -0.05) is 29.4 Å². The van der Waals surface area contributed by atoms with Gasteiger partial charge in [-0.3, -0.25) is 4.79 Å². The smallest absolute Gasteiger partial charge is 0.273 e. The SMILES string of the molecule is CNC(=O)C(=NOCF)c1ccccc1Oc1ncnc(Oc2ccccc2C#N)c1F. The van der Waals surface area contributed by atoms with Crippen molar-refractivity contribution in [1.29, 1.82) is 5.26 Å². The van der Waals surface area contributed by atoms with Gasteiger partial charge < -0.3 is 19.6 Å². The van der Waals surface area contributed by atoms with E-state index in [2.05, 4.69) is 25.3 Å². The Kier molecular flexibility index (Phi) is 7.21. The van der Waals surface area contributed by atoms with Crippen LogP contribution in [0.2, 0.25) is 0 Å². The summed E-state index contributed by atoms with van der Waals surface area (Å²) in [5, 5.41) is 15.0. The molecule has 0 fully saturated rings. The van der Waals surface area contributed by atoms with E-state index in [-0.39, 0.29) is 28.3 Å². The van der Waals surface area contributed by atoms with Crippen LogP contribution in [0.4, 0.5) is 8.78 Å². The third-order valence-electron chi connectivity index (χ3n) is 3.94. The first-order chi connectivity index (χ1) is 15.6. The maximum Gasteiger partial charge on any atom is 0.273 e. The van der Waals surface area contributed by atoms with Gasteiger partial charge >= 0.3 is 0 Å². The maximum absolute atomic E-state index is 15.0. The number of nitrogens with one attached hydrogen (secondary N) is 1. The van der Waals surface area contributed by atoms with E-state index in [4.69, 9.17) is 14.7 Å². The highest BCUT2D eigenvalue weighted by Crippen LogP contribution is 2.32. The molecule has 0 atom stereocenters. The molecule has 3 aromatic rings. The third kappa shape index (κ3) is 4.93. The quantitative estimate of drug-likeness (QED) is 0.422. The highest BCUT2D eigenvalue weighted by molar-refractivity contribution is 6.45. The largest absolute Gasteiger partial charge is 0.436 e. The minimum absolute atomic E-state index is 0.0155. The summed E-state index contributed by atoms with van der Waals surface area (Å²) in [5.41, 5.74) is -0.0251. The molecule has 32 heavy (non-hydrogen) atoms. The van der Waals surface area contributed by atoms with Gasteiger partial charge in [-0.2, -0.15) is 19.6 Å². The molecular weight excluding hydrogens is 424 g/mol. The van der Waals surface area contributed by atoms with E-state index in [1.807, 2.05) is 6.07 Å². The van der Waals surface area contributed by atoms with Gasteiger partial charge in [0.1, 0.15) is 23.9 Å². The average Bonchev–Trinajstić information content (AvgIpc) is 2.82. The van der Waals surface area contributed by atoms with Gasteiger partial charge in [0.25, 0.3) is 24.5 Å². The lowest BCUT2D eigenvalue weighted by Crippen LogP contribution is -2.29. The zero-order chi connectivity index (χ0) is 22.9. The average molecular weight is 439 g/mol. The monoisotopic (exact) mass is 439 g/mol. The van der Waals surface area contributed by atoms with E-state index in [0.717, 1.165) is 6.33 Å². The predicted molar refractivity (Wildman–Crippen MR) is 107 cm³/mol. The van der Waals surface area contributed by atoms with E-state index < -0.39 is 30.3 Å². The van der Waals surface area contributed by atoms with Crippen LogP contribution >= 0.6 is 0 Å². The summed E-state index contributed by atoms with van der Waals surface area (Å²) in [5.74, 6) is -2.64. The number of likely N-dealkylation sites (N-methyl/N-ethyl adjacent to an activating group) is 1. The molecule has 0 saturated heterocycles. The summed E-state index contributed by atoms with van der Waals surface area (Å²) in [6, 6.07) is 14.2. The van der Waals surface area contributed by atoms with Gasteiger partial charge in [0, 0.05) is 7.05 Å². The molecule has 0 saturated carbocycles. The number of carbonyl (C=O) groups excluding carboxylic acids is 1. The van der Waals surface area contributed by atoms with Gasteiger partial charge in [0.15, 0.2) is 5.71 Å². The Morgan fingerprint density at radius 2 is 1.72 bits per heavy atom. The molecule has 0 bridgehead atoms. The molecule has 0 unspecified atom stereocenters. The van der Waals surface area contributed by atoms with Crippen LogP contribution in [0.5, 0.6) is 23.3 Å². The van der Waals surface area contributed by atoms with Crippen molar-refractivity contribution in [3.8, 4) is 29.3 Å². The normalized spacial score (nSPS) is 10.8. The van der Waals surface area contributed by atoms with Crippen molar-refractivity contribution in [3.05, 3.63) is 71.8 Å². The van der Waals surface area contributed by atoms with E-state index >= 15 is 0 Å². The first kappa shape index (κ1) is 22.1. The summed E-state index contributed by atoms with van der Waals surface area (Å²) in [7, 11) is 1.35. The Labute approximate surface area is 180 Å². The summed E-state index contributed by atoms with van der Waals surface area (Å²) >= 11 is 0. The van der Waals surface area contributed by atoms with Crippen LogP contribution in [0.15, 0.2) is 60.0 Å². The van der Waals surface area contributed by atoms with Crippen molar-refractivity contribution >= 4 is 11.6 Å². The summed E-state index contributed by atoms with van der Waals surface area (Å²) in [6.07, 6.45) is 1.01. The number of nitrogens with zero attached hydrogens (tertiary/aromatic N) is 4. The number of rotatable bonds is 8. The molecule has 9 nitrogen and oxygen atoms in total. The molecule has 0 aliphatic heterocycles. The number of ether oxygens (including phenoxy) is 2. The summed E-state index contributed by atoms with van der Waals surface area (Å²) in [4.78, 5) is 24.0. The summed E-state index contributed by atoms with van der Waals surface area (Å²) < 4.78 is 38.4. The topological polar surface area (TPSA) is 119 Å². The van der Waals surface area contributed by atoms with Gasteiger partial charge in [0.05, 0.1) is 11.1 Å². The van der Waals surface area contributed by atoms with Crippen molar-refractivity contribution in [2.45, 2.75) is 0 Å². The number of amides is 1. The van der Waals surface area contributed by atoms with Gasteiger partial charge in [-0.25, -0.2) is 4.39 Å². The zero-order valence-electron chi connectivity index (χ0n) is 16.6. The fourth-order valence-corrected chi connectivity index (χ4v) is 2.51. The van der Waals surface area contributed by atoms with Crippen molar-refractivity contribution in [2.24, 2.45) is 5.16 Å². The molecule has 1 amide bonds. The van der Waals surface area contributed by atoms with Crippen molar-refractivity contribution in [2.75, 3.05) is 13.9 Å². The molecule has 0 aliphatic rings. The molecule has 1 N–H and O–H groups in total. The van der Waals surface area contributed by atoms with Crippen LogP contribution < -0.4 is 14.8 Å². The van der Waals surface area contributed by atoms with Crippen LogP contribution in [-0.2, 0) is 9.63 Å². The van der Waals surface area contributed by atoms with Crippen LogP contribution in [0, 0.1) is 17.1 Å². The molecule has 11 heteroatoms. The van der Waals surface area contributed by atoms with Crippen LogP contribution in [-0.4, -0.2) is 35.5 Å². The van der Waals surface area contributed by atoms with Gasteiger partial charge in [0.2, 0.25) is 5.82 Å². The predicted octanol–water partition coefficient (Wildman–Crippen LogP) is 3.47. The lowest BCUT2D eigenvalue weighted by Gasteiger charge is -2.13. The number of oxime groups is 1. The molecule has 0 spiro atoms. The van der Waals surface area contributed by atoms with E-state index in [9.17, 15) is 13.6 Å². The van der Waals surface area contributed by atoms with E-state index in [1.165, 1.54) is 31.3 Å². The first-order valence-corrected chi connectivity index (χ1v) is 9.01. The zero-order valence-corrected chi connectivity index (χ0v) is 16.6. The number of benzene rings is 2. The van der Waals surface area contributed by atoms with E-state index in [1.54, 1.807) is 24.3 Å². The number of nitriles is 1. The number of halogens is 2. The standard InChI is InChI=1S/C21H15F2N5O4/c1-25-19(29)18(28-30-11-22)14-7-3-5-9-16(14)32-21-17(23)20(26-12-27-21)31-15-8-4-2-6-13(15)10-24/h2-9,12H,11H2,1H3,(H,25,29). The second-order valence-electron chi connectivity index (χ2n) is 5.86. The van der Waals surface area contributed by atoms with Crippen molar-refractivity contribution in [1.82, 2.24) is 15.3 Å². The Bertz CT molecular complexity index is 1200. The third-order valence-corrected chi connectivity index (χ3v) is 3.94. The van der Waals surface area contributed by atoms with Crippen LogP contribution in [0.1, 0.15) is 11.1 Å². The minimum Gasteiger partial charge on any atom is -0.436 e. The Morgan fingerprint density at radius 3 is 2.38 bits per heavy atom. The lowest BCUT2D eigenvalue weighted by molar-refractivity contribution is -0.114. The van der Waals surface area contributed by atoms with Gasteiger partial charge in [-0.05, 0) is 24.3 Å². The number of carbonyl (C=O) groups is 1. The minimum atomic E-state index is -1.26. The fourth-order valence-electron chi connectivity index (χ4n) is 2.51. The maximum atomic E-state index is 15.0. The van der Waals surface area contributed by atoms with Crippen molar-refractivity contribution < 1.29 is 27.9 Å². The molecule has 1 heterocycles. The van der Waals surface area contributed by atoms with E-state index in [0.29, 0.717) is 0 Å². The van der Waals surface area contributed by atoms with Crippen LogP contribution in [0.25, 0.3) is 0 Å². The molecule has 2 aromatic carbocycles. The molecule has 3 rings (SSSR count). The lowest BCUT2D eigenvalue weighted by atomic mass is 10.1. The number of hydrogen-bond donors (Lipinski definition) is 1. The number of para-hydroxylation sites is 2. The van der Waals surface area contributed by atoms with Crippen LogP contribution in [0.3, 0.4) is 0 Å². The second kappa shape index (κ2) is 10.4. The highest BCUT2D eigenvalue weighted by Gasteiger charge is 2.22. The molecule has 0 aliphatic carbocycles. The summed E-state index contributed by atoms with van der Waals surface area (Å²) in [6.45, 7) is -1.26. The molecule has 0 radical (unpaired) electrons. The van der Waals surface area contributed by atoms with Crippen molar-refractivity contribution in [3.63, 3.8) is 0 Å². The molecule has 1 aromatic heterocycles. The van der Waals surface area contributed by atoms with Gasteiger partial charge in [-0.15, -0.1) is 0 Å². The Balaban J connectivity index is 1.96. The number of alkyl halides is 1. The fraction of sp³-hybridized carbons (Fsp3) is 0.0952. The number of hydrogen-bond acceptors (Lipinski definition) is 8. The highest BCUT2D eigenvalue weighted by atomic mass is 19.1. The first-order valence-electron chi connectivity index (χ1n) is 9.01.